The number of hydrogen-bond donors (Lipinski definition) is 1. The van der Waals surface area contributed by atoms with E-state index in [2.05, 4.69) is 56.1 Å². The van der Waals surface area contributed by atoms with Gasteiger partial charge in [-0.3, -0.25) is 0 Å². The Morgan fingerprint density at radius 1 is 1.00 bits per heavy atom. The summed E-state index contributed by atoms with van der Waals surface area (Å²) in [5.41, 5.74) is 3.26. The maximum Gasteiger partial charge on any atom is 0.495 e. The van der Waals surface area contributed by atoms with Gasteiger partial charge in [0.05, 0.1) is 11.2 Å². The molecule has 0 saturated carbocycles. The number of rotatable bonds is 3. The van der Waals surface area contributed by atoms with E-state index in [1.165, 1.54) is 16.7 Å². The first-order valence-corrected chi connectivity index (χ1v) is 10.4. The predicted molar refractivity (Wildman–Crippen MR) is 110 cm³/mol. The number of piperazine rings is 1. The number of anilines is 1. The van der Waals surface area contributed by atoms with Gasteiger partial charge in [-0.1, -0.05) is 6.07 Å². The Kier molecular flexibility index (Phi) is 5.27. The fourth-order valence-electron chi connectivity index (χ4n) is 4.23. The van der Waals surface area contributed by atoms with Gasteiger partial charge in [0.1, 0.15) is 0 Å². The highest BCUT2D eigenvalue weighted by Gasteiger charge is 2.52. The van der Waals surface area contributed by atoms with Gasteiger partial charge in [-0.2, -0.15) is 0 Å². The zero-order valence-electron chi connectivity index (χ0n) is 17.2. The van der Waals surface area contributed by atoms with Crippen LogP contribution in [0.3, 0.4) is 0 Å². The van der Waals surface area contributed by atoms with Crippen LogP contribution >= 0.6 is 0 Å². The SMILES string of the molecule is CC1(C)OB(c2ccc(N3CCNCC3)cc2C2CCOCC2)OC1(C)C. The van der Waals surface area contributed by atoms with Gasteiger partial charge in [0.2, 0.25) is 0 Å². The lowest BCUT2D eigenvalue weighted by Gasteiger charge is -2.32. The van der Waals surface area contributed by atoms with Gasteiger partial charge in [-0.25, -0.2) is 0 Å². The fraction of sp³-hybridized carbons (Fsp3) is 0.714. The van der Waals surface area contributed by atoms with Crippen molar-refractivity contribution in [3.05, 3.63) is 23.8 Å². The van der Waals surface area contributed by atoms with Gasteiger partial charge >= 0.3 is 7.12 Å². The monoisotopic (exact) mass is 372 g/mol. The minimum Gasteiger partial charge on any atom is -0.399 e. The molecule has 0 aromatic heterocycles. The highest BCUT2D eigenvalue weighted by molar-refractivity contribution is 6.62. The predicted octanol–water partition coefficient (Wildman–Crippen LogP) is 2.29. The first-order valence-electron chi connectivity index (χ1n) is 10.4. The molecule has 0 bridgehead atoms. The zero-order valence-corrected chi connectivity index (χ0v) is 17.2. The minimum atomic E-state index is -0.318. The summed E-state index contributed by atoms with van der Waals surface area (Å²) >= 11 is 0. The van der Waals surface area contributed by atoms with Crippen LogP contribution in [0, 0.1) is 0 Å². The molecule has 0 aliphatic carbocycles. The van der Waals surface area contributed by atoms with Crippen LogP contribution in [0.5, 0.6) is 0 Å². The van der Waals surface area contributed by atoms with Gasteiger partial charge in [0.15, 0.2) is 0 Å². The van der Waals surface area contributed by atoms with E-state index in [9.17, 15) is 0 Å². The second kappa shape index (κ2) is 7.39. The molecule has 4 rings (SSSR count). The Labute approximate surface area is 163 Å². The van der Waals surface area contributed by atoms with Crippen molar-refractivity contribution in [2.24, 2.45) is 0 Å². The van der Waals surface area contributed by atoms with Crippen LogP contribution in [0.2, 0.25) is 0 Å². The summed E-state index contributed by atoms with van der Waals surface area (Å²) < 4.78 is 18.4. The molecule has 3 fully saturated rings. The molecule has 1 aromatic carbocycles. The van der Waals surface area contributed by atoms with Crippen LogP contribution in [0.15, 0.2) is 18.2 Å². The summed E-state index contributed by atoms with van der Waals surface area (Å²) in [5.74, 6) is 0.510. The first kappa shape index (κ1) is 19.3. The van der Waals surface area contributed by atoms with E-state index in [1.807, 2.05) is 0 Å². The normalized spacial score (nSPS) is 25.8. The maximum absolute atomic E-state index is 6.39. The Morgan fingerprint density at radius 2 is 1.63 bits per heavy atom. The third-order valence-electron chi connectivity index (χ3n) is 6.72. The quantitative estimate of drug-likeness (QED) is 0.825. The van der Waals surface area contributed by atoms with Crippen LogP contribution < -0.4 is 15.7 Å². The summed E-state index contributed by atoms with van der Waals surface area (Å²) in [7, 11) is -0.301. The Balaban J connectivity index is 1.67. The summed E-state index contributed by atoms with van der Waals surface area (Å²) in [6.07, 6.45) is 2.13. The molecule has 3 aliphatic heterocycles. The van der Waals surface area contributed by atoms with Crippen molar-refractivity contribution in [3.8, 4) is 0 Å². The average molecular weight is 372 g/mol. The standard InChI is InChI=1S/C21H33BN2O3/c1-20(2)21(3,4)27-22(26-20)19-6-5-17(24-11-9-23-10-12-24)15-18(19)16-7-13-25-14-8-16/h5-6,15-16,23H,7-14H2,1-4H3. The van der Waals surface area contributed by atoms with E-state index >= 15 is 0 Å². The van der Waals surface area contributed by atoms with E-state index in [-0.39, 0.29) is 18.3 Å². The molecule has 0 atom stereocenters. The second-order valence-electron chi connectivity index (χ2n) is 9.03. The van der Waals surface area contributed by atoms with Crippen molar-refractivity contribution in [2.45, 2.75) is 57.7 Å². The number of nitrogens with zero attached hydrogens (tertiary/aromatic N) is 1. The molecule has 3 heterocycles. The van der Waals surface area contributed by atoms with Crippen molar-refractivity contribution in [2.75, 3.05) is 44.3 Å². The van der Waals surface area contributed by atoms with E-state index < -0.39 is 0 Å². The molecular weight excluding hydrogens is 339 g/mol. The fourth-order valence-corrected chi connectivity index (χ4v) is 4.23. The van der Waals surface area contributed by atoms with Crippen LogP contribution in [-0.4, -0.2) is 57.7 Å². The largest absolute Gasteiger partial charge is 0.495 e. The van der Waals surface area contributed by atoms with Crippen molar-refractivity contribution in [1.82, 2.24) is 5.32 Å². The van der Waals surface area contributed by atoms with Gasteiger partial charge in [-0.15, -0.1) is 0 Å². The third kappa shape index (κ3) is 3.77. The molecule has 148 valence electrons. The minimum absolute atomic E-state index is 0.301. The topological polar surface area (TPSA) is 43.0 Å². The molecule has 5 nitrogen and oxygen atoms in total. The van der Waals surface area contributed by atoms with Crippen molar-refractivity contribution in [3.63, 3.8) is 0 Å². The molecular formula is C21H33BN2O3. The summed E-state index contributed by atoms with van der Waals surface area (Å²) in [4.78, 5) is 2.48. The number of hydrogen-bond acceptors (Lipinski definition) is 5. The zero-order chi connectivity index (χ0) is 19.1. The number of nitrogens with one attached hydrogen (secondary N) is 1. The average Bonchev–Trinajstić information content (AvgIpc) is 2.90. The van der Waals surface area contributed by atoms with Crippen molar-refractivity contribution >= 4 is 18.3 Å². The smallest absolute Gasteiger partial charge is 0.399 e. The lowest BCUT2D eigenvalue weighted by molar-refractivity contribution is 0.00578. The van der Waals surface area contributed by atoms with Crippen LogP contribution in [-0.2, 0) is 14.0 Å². The van der Waals surface area contributed by atoms with Crippen molar-refractivity contribution in [1.29, 1.82) is 0 Å². The number of ether oxygens (including phenoxy) is 1. The highest BCUT2D eigenvalue weighted by atomic mass is 16.7. The maximum atomic E-state index is 6.39. The first-order chi connectivity index (χ1) is 12.9. The third-order valence-corrected chi connectivity index (χ3v) is 6.72. The Bertz CT molecular complexity index is 651. The van der Waals surface area contributed by atoms with Crippen LogP contribution in [0.1, 0.15) is 52.0 Å². The molecule has 3 aliphatic rings. The van der Waals surface area contributed by atoms with Crippen LogP contribution in [0.25, 0.3) is 0 Å². The summed E-state index contributed by atoms with van der Waals surface area (Å²) in [5, 5.41) is 3.44. The van der Waals surface area contributed by atoms with Gasteiger partial charge < -0.3 is 24.3 Å². The molecule has 6 heteroatoms. The lowest BCUT2D eigenvalue weighted by Crippen LogP contribution is -2.44. The summed E-state index contributed by atoms with van der Waals surface area (Å²) in [6, 6.07) is 6.88. The molecule has 0 unspecified atom stereocenters. The molecule has 3 saturated heterocycles. The van der Waals surface area contributed by atoms with E-state index in [1.54, 1.807) is 0 Å². The van der Waals surface area contributed by atoms with Crippen molar-refractivity contribution < 1.29 is 14.0 Å². The molecule has 0 amide bonds. The van der Waals surface area contributed by atoms with Gasteiger partial charge in [-0.05, 0) is 69.6 Å². The number of benzene rings is 1. The van der Waals surface area contributed by atoms with Gasteiger partial charge in [0, 0.05) is 45.1 Å². The van der Waals surface area contributed by atoms with E-state index in [0.717, 1.165) is 52.2 Å². The van der Waals surface area contributed by atoms with E-state index in [4.69, 9.17) is 14.0 Å². The highest BCUT2D eigenvalue weighted by Crippen LogP contribution is 2.38. The van der Waals surface area contributed by atoms with Gasteiger partial charge in [0.25, 0.3) is 0 Å². The summed E-state index contributed by atoms with van der Waals surface area (Å²) in [6.45, 7) is 14.4. The second-order valence-corrected chi connectivity index (χ2v) is 9.03. The molecule has 0 radical (unpaired) electrons. The molecule has 0 spiro atoms. The molecule has 1 aromatic rings. The molecule has 27 heavy (non-hydrogen) atoms. The van der Waals surface area contributed by atoms with E-state index in [0.29, 0.717) is 5.92 Å². The molecule has 1 N–H and O–H groups in total. The Morgan fingerprint density at radius 3 is 2.26 bits per heavy atom. The Hall–Kier alpha value is -1.08. The van der Waals surface area contributed by atoms with Crippen LogP contribution in [0.4, 0.5) is 5.69 Å². The lowest BCUT2D eigenvalue weighted by atomic mass is 9.71.